The Balaban J connectivity index is 0.00000364. The van der Waals surface area contributed by atoms with Gasteiger partial charge in [0.1, 0.15) is 6.10 Å². The van der Waals surface area contributed by atoms with Gasteiger partial charge in [-0.3, -0.25) is 14.6 Å². The maximum atomic E-state index is 12.4. The fourth-order valence-electron chi connectivity index (χ4n) is 3.20. The van der Waals surface area contributed by atoms with Crippen LogP contribution >= 0.6 is 24.0 Å². The highest BCUT2D eigenvalue weighted by Gasteiger charge is 2.30. The normalized spacial score (nSPS) is 20.4. The summed E-state index contributed by atoms with van der Waals surface area (Å²) in [6, 6.07) is 0.147. The van der Waals surface area contributed by atoms with Crippen LogP contribution in [0.1, 0.15) is 40.0 Å². The van der Waals surface area contributed by atoms with Crippen molar-refractivity contribution in [3.05, 3.63) is 0 Å². The van der Waals surface area contributed by atoms with Crippen LogP contribution in [0.2, 0.25) is 0 Å². The third kappa shape index (κ3) is 7.81. The van der Waals surface area contributed by atoms with E-state index in [-0.39, 0.29) is 47.9 Å². The molecule has 27 heavy (non-hydrogen) atoms. The maximum absolute atomic E-state index is 12.4. The van der Waals surface area contributed by atoms with Crippen LogP contribution in [0, 0.1) is 0 Å². The van der Waals surface area contributed by atoms with E-state index in [9.17, 15) is 9.59 Å². The van der Waals surface area contributed by atoms with Gasteiger partial charge in [0, 0.05) is 51.8 Å². The Bertz CT molecular complexity index is 501. The lowest BCUT2D eigenvalue weighted by atomic mass is 10.2. The topological polar surface area (TPSA) is 86.3 Å². The lowest BCUT2D eigenvalue weighted by Gasteiger charge is -2.37. The summed E-state index contributed by atoms with van der Waals surface area (Å²) in [5.74, 6) is 0.954. The molecule has 2 rings (SSSR count). The van der Waals surface area contributed by atoms with Crippen molar-refractivity contribution in [2.24, 2.45) is 4.99 Å². The van der Waals surface area contributed by atoms with Crippen molar-refractivity contribution >= 4 is 41.8 Å². The highest BCUT2D eigenvalue weighted by molar-refractivity contribution is 14.0. The molecule has 0 spiro atoms. The second kappa shape index (κ2) is 12.4. The Morgan fingerprint density at radius 2 is 1.85 bits per heavy atom. The summed E-state index contributed by atoms with van der Waals surface area (Å²) in [7, 11) is 0. The van der Waals surface area contributed by atoms with Crippen LogP contribution in [0.15, 0.2) is 4.99 Å². The average molecular weight is 495 g/mol. The molecule has 2 amide bonds. The standard InChI is InChI=1S/C18H33N5O3.HI/c1-4-19-18(20-8-7-16(24)21-14(2)3)23-11-9-22(10-12-23)17(25)15-6-5-13-26-15;/h14-15H,4-13H2,1-3H3,(H,19,20)(H,21,24);1H. The number of guanidine groups is 1. The summed E-state index contributed by atoms with van der Waals surface area (Å²) in [5, 5.41) is 6.16. The molecule has 2 aliphatic heterocycles. The quantitative estimate of drug-likeness (QED) is 0.324. The number of carbonyl (C=O) groups excluding carboxylic acids is 2. The summed E-state index contributed by atoms with van der Waals surface area (Å²) in [5.41, 5.74) is 0. The molecule has 2 saturated heterocycles. The van der Waals surface area contributed by atoms with Crippen molar-refractivity contribution in [2.75, 3.05) is 45.9 Å². The molecule has 1 atom stereocenters. The number of hydrogen-bond acceptors (Lipinski definition) is 4. The Kier molecular flexibility index (Phi) is 11.0. The number of hydrogen-bond donors (Lipinski definition) is 2. The summed E-state index contributed by atoms with van der Waals surface area (Å²) in [4.78, 5) is 32.8. The molecule has 0 aromatic rings. The zero-order valence-electron chi connectivity index (χ0n) is 16.7. The van der Waals surface area contributed by atoms with Crippen LogP contribution in [-0.2, 0) is 14.3 Å². The minimum absolute atomic E-state index is 0. The first kappa shape index (κ1) is 23.9. The zero-order chi connectivity index (χ0) is 18.9. The van der Waals surface area contributed by atoms with Crippen molar-refractivity contribution in [3.63, 3.8) is 0 Å². The zero-order valence-corrected chi connectivity index (χ0v) is 19.0. The highest BCUT2D eigenvalue weighted by Crippen LogP contribution is 2.16. The molecular formula is C18H34IN5O3. The number of halogens is 1. The lowest BCUT2D eigenvalue weighted by molar-refractivity contribution is -0.142. The van der Waals surface area contributed by atoms with Gasteiger partial charge in [0.25, 0.3) is 5.91 Å². The third-order valence-corrected chi connectivity index (χ3v) is 4.48. The molecule has 0 aromatic carbocycles. The van der Waals surface area contributed by atoms with Gasteiger partial charge in [-0.2, -0.15) is 0 Å². The van der Waals surface area contributed by atoms with Crippen LogP contribution in [0.5, 0.6) is 0 Å². The molecule has 2 N–H and O–H groups in total. The van der Waals surface area contributed by atoms with Crippen LogP contribution in [0.4, 0.5) is 0 Å². The number of nitrogens with zero attached hydrogens (tertiary/aromatic N) is 3. The molecule has 0 radical (unpaired) electrons. The second-order valence-corrected chi connectivity index (χ2v) is 7.02. The van der Waals surface area contributed by atoms with Crippen LogP contribution < -0.4 is 10.6 Å². The van der Waals surface area contributed by atoms with E-state index in [1.807, 2.05) is 25.7 Å². The van der Waals surface area contributed by atoms with Crippen LogP contribution in [0.25, 0.3) is 0 Å². The van der Waals surface area contributed by atoms with Gasteiger partial charge in [-0.15, -0.1) is 24.0 Å². The fraction of sp³-hybridized carbons (Fsp3) is 0.833. The smallest absolute Gasteiger partial charge is 0.251 e. The number of piperazine rings is 1. The largest absolute Gasteiger partial charge is 0.368 e. The Labute approximate surface area is 179 Å². The first-order valence-electron chi connectivity index (χ1n) is 9.74. The second-order valence-electron chi connectivity index (χ2n) is 7.02. The number of aliphatic imine (C=N–C) groups is 1. The number of carbonyl (C=O) groups is 2. The van der Waals surface area contributed by atoms with E-state index in [1.165, 1.54) is 0 Å². The van der Waals surface area contributed by atoms with E-state index >= 15 is 0 Å². The molecule has 9 heteroatoms. The van der Waals surface area contributed by atoms with Gasteiger partial charge < -0.3 is 25.2 Å². The van der Waals surface area contributed by atoms with E-state index in [0.29, 0.717) is 32.7 Å². The lowest BCUT2D eigenvalue weighted by Crippen LogP contribution is -2.55. The van der Waals surface area contributed by atoms with E-state index in [4.69, 9.17) is 4.74 Å². The van der Waals surface area contributed by atoms with Crippen LogP contribution in [-0.4, -0.2) is 85.6 Å². The monoisotopic (exact) mass is 495 g/mol. The fourth-order valence-corrected chi connectivity index (χ4v) is 3.20. The van der Waals surface area contributed by atoms with E-state index < -0.39 is 0 Å². The molecule has 156 valence electrons. The number of amides is 2. The van der Waals surface area contributed by atoms with E-state index in [2.05, 4.69) is 20.5 Å². The molecule has 1 unspecified atom stereocenters. The SMILES string of the molecule is CCNC(=NCCC(=O)NC(C)C)N1CCN(C(=O)C2CCCO2)CC1.I. The molecule has 8 nitrogen and oxygen atoms in total. The summed E-state index contributed by atoms with van der Waals surface area (Å²) in [6.07, 6.45) is 1.94. The highest BCUT2D eigenvalue weighted by atomic mass is 127. The first-order valence-corrected chi connectivity index (χ1v) is 9.74. The minimum Gasteiger partial charge on any atom is -0.368 e. The van der Waals surface area contributed by atoms with Gasteiger partial charge in [0.15, 0.2) is 5.96 Å². The van der Waals surface area contributed by atoms with Gasteiger partial charge in [-0.25, -0.2) is 0 Å². The average Bonchev–Trinajstić information content (AvgIpc) is 3.14. The van der Waals surface area contributed by atoms with Gasteiger partial charge >= 0.3 is 0 Å². The number of nitrogens with one attached hydrogen (secondary N) is 2. The molecule has 2 heterocycles. The van der Waals surface area contributed by atoms with Gasteiger partial charge in [0.05, 0.1) is 6.54 Å². The first-order chi connectivity index (χ1) is 12.5. The van der Waals surface area contributed by atoms with Crippen molar-refractivity contribution in [1.82, 2.24) is 20.4 Å². The summed E-state index contributed by atoms with van der Waals surface area (Å²) in [6.45, 7) is 10.7. The van der Waals surface area contributed by atoms with Crippen LogP contribution in [0.3, 0.4) is 0 Å². The summed E-state index contributed by atoms with van der Waals surface area (Å²) < 4.78 is 5.50. The number of rotatable bonds is 6. The maximum Gasteiger partial charge on any atom is 0.251 e. The van der Waals surface area contributed by atoms with Gasteiger partial charge in [-0.05, 0) is 33.6 Å². The minimum atomic E-state index is -0.247. The van der Waals surface area contributed by atoms with E-state index in [0.717, 1.165) is 38.4 Å². The third-order valence-electron chi connectivity index (χ3n) is 4.48. The van der Waals surface area contributed by atoms with E-state index in [1.54, 1.807) is 0 Å². The van der Waals surface area contributed by atoms with Gasteiger partial charge in [-0.1, -0.05) is 0 Å². The molecule has 2 aliphatic rings. The molecule has 0 bridgehead atoms. The van der Waals surface area contributed by atoms with Crippen molar-refractivity contribution < 1.29 is 14.3 Å². The predicted octanol–water partition coefficient (Wildman–Crippen LogP) is 0.808. The Morgan fingerprint density at radius 1 is 1.19 bits per heavy atom. The molecule has 2 fully saturated rings. The molecule has 0 aliphatic carbocycles. The Hall–Kier alpha value is -1.10. The van der Waals surface area contributed by atoms with Gasteiger partial charge in [0.2, 0.25) is 5.91 Å². The van der Waals surface area contributed by atoms with Crippen molar-refractivity contribution in [2.45, 2.75) is 52.2 Å². The molecule has 0 aromatic heterocycles. The number of ether oxygens (including phenoxy) is 1. The molecular weight excluding hydrogens is 461 g/mol. The summed E-state index contributed by atoms with van der Waals surface area (Å²) >= 11 is 0. The predicted molar refractivity (Wildman–Crippen MR) is 116 cm³/mol. The van der Waals surface area contributed by atoms with Crippen molar-refractivity contribution in [1.29, 1.82) is 0 Å². The Morgan fingerprint density at radius 3 is 2.41 bits per heavy atom. The van der Waals surface area contributed by atoms with Crippen molar-refractivity contribution in [3.8, 4) is 0 Å². The molecule has 0 saturated carbocycles.